The summed E-state index contributed by atoms with van der Waals surface area (Å²) in [5.74, 6) is -0.649. The lowest BCUT2D eigenvalue weighted by molar-refractivity contribution is 0.0697. The summed E-state index contributed by atoms with van der Waals surface area (Å²) in [4.78, 5) is 15.7. The molecule has 0 amide bonds. The van der Waals surface area contributed by atoms with Gasteiger partial charge >= 0.3 is 5.97 Å². The highest BCUT2D eigenvalue weighted by molar-refractivity contribution is 5.95. The number of aromatic carboxylic acids is 1. The van der Waals surface area contributed by atoms with E-state index in [0.29, 0.717) is 24.4 Å². The molecule has 4 nitrogen and oxygen atoms in total. The van der Waals surface area contributed by atoms with Crippen LogP contribution in [0.25, 0.3) is 11.4 Å². The van der Waals surface area contributed by atoms with E-state index in [4.69, 9.17) is 0 Å². The lowest BCUT2D eigenvalue weighted by atomic mass is 10.1. The number of carboxylic acids is 1. The van der Waals surface area contributed by atoms with Crippen molar-refractivity contribution in [2.75, 3.05) is 0 Å². The Hall–Kier alpha value is -2.95. The van der Waals surface area contributed by atoms with Crippen LogP contribution in [-0.2, 0) is 13.0 Å². The third kappa shape index (κ3) is 3.29. The van der Waals surface area contributed by atoms with Crippen molar-refractivity contribution in [1.29, 1.82) is 0 Å². The Balaban J connectivity index is 1.87. The number of nitrogens with zero attached hydrogens (tertiary/aromatic N) is 2. The molecule has 0 unspecified atom stereocenters. The summed E-state index contributed by atoms with van der Waals surface area (Å²) >= 11 is 0. The van der Waals surface area contributed by atoms with Crippen molar-refractivity contribution in [2.45, 2.75) is 13.0 Å². The number of benzene rings is 2. The average Bonchev–Trinajstić information content (AvgIpc) is 3.01. The van der Waals surface area contributed by atoms with E-state index in [1.807, 2.05) is 10.6 Å². The van der Waals surface area contributed by atoms with Crippen molar-refractivity contribution in [1.82, 2.24) is 9.55 Å². The van der Waals surface area contributed by atoms with E-state index >= 15 is 0 Å². The largest absolute Gasteiger partial charge is 0.478 e. The van der Waals surface area contributed by atoms with E-state index in [2.05, 4.69) is 4.98 Å². The van der Waals surface area contributed by atoms with Crippen molar-refractivity contribution in [3.8, 4) is 11.4 Å². The number of hydrogen-bond donors (Lipinski definition) is 1. The summed E-state index contributed by atoms with van der Waals surface area (Å²) in [5.41, 5.74) is 1.67. The Morgan fingerprint density at radius 2 is 2.00 bits per heavy atom. The molecule has 1 N–H and O–H groups in total. The number of aryl methyl sites for hydroxylation is 2. The second-order valence-corrected chi connectivity index (χ2v) is 5.17. The Morgan fingerprint density at radius 3 is 2.78 bits per heavy atom. The maximum atomic E-state index is 13.2. The second-order valence-electron chi connectivity index (χ2n) is 5.17. The van der Waals surface area contributed by atoms with Gasteiger partial charge in [0.1, 0.15) is 11.6 Å². The zero-order valence-electron chi connectivity index (χ0n) is 12.3. The van der Waals surface area contributed by atoms with Crippen LogP contribution in [0, 0.1) is 5.82 Å². The molecule has 0 saturated heterocycles. The molecule has 1 aromatic heterocycles. The Morgan fingerprint density at radius 1 is 1.17 bits per heavy atom. The first-order valence-electron chi connectivity index (χ1n) is 7.23. The quantitative estimate of drug-likeness (QED) is 0.783. The van der Waals surface area contributed by atoms with Crippen molar-refractivity contribution < 1.29 is 14.3 Å². The minimum Gasteiger partial charge on any atom is -0.478 e. The molecule has 3 aromatic rings. The van der Waals surface area contributed by atoms with Gasteiger partial charge in [0.2, 0.25) is 0 Å². The van der Waals surface area contributed by atoms with E-state index in [-0.39, 0.29) is 11.4 Å². The average molecular weight is 310 g/mol. The van der Waals surface area contributed by atoms with Gasteiger partial charge in [0, 0.05) is 24.5 Å². The molecule has 0 bridgehead atoms. The molecule has 0 fully saturated rings. The van der Waals surface area contributed by atoms with E-state index in [9.17, 15) is 14.3 Å². The van der Waals surface area contributed by atoms with E-state index in [0.717, 1.165) is 5.56 Å². The first-order valence-corrected chi connectivity index (χ1v) is 7.23. The molecule has 2 aromatic carbocycles. The number of imidazole rings is 1. The topological polar surface area (TPSA) is 55.1 Å². The van der Waals surface area contributed by atoms with E-state index in [1.165, 1.54) is 12.1 Å². The Bertz CT molecular complexity index is 842. The van der Waals surface area contributed by atoms with Gasteiger partial charge < -0.3 is 9.67 Å². The summed E-state index contributed by atoms with van der Waals surface area (Å²) in [6.07, 6.45) is 4.07. The van der Waals surface area contributed by atoms with Gasteiger partial charge in [0.15, 0.2) is 0 Å². The van der Waals surface area contributed by atoms with Crippen LogP contribution in [0.3, 0.4) is 0 Å². The lowest BCUT2D eigenvalue weighted by Gasteiger charge is -2.10. The van der Waals surface area contributed by atoms with Gasteiger partial charge in [-0.1, -0.05) is 30.3 Å². The summed E-state index contributed by atoms with van der Waals surface area (Å²) in [5, 5.41) is 9.32. The number of aromatic nitrogens is 2. The molecule has 0 aliphatic heterocycles. The SMILES string of the molecule is O=C(O)c1ccccc1-c1nccn1CCc1cccc(F)c1. The minimum absolute atomic E-state index is 0.214. The second kappa shape index (κ2) is 6.44. The number of rotatable bonds is 5. The molecule has 0 aliphatic carbocycles. The zero-order valence-corrected chi connectivity index (χ0v) is 12.3. The normalized spacial score (nSPS) is 10.7. The maximum absolute atomic E-state index is 13.2. The molecular formula is C18H15FN2O2. The van der Waals surface area contributed by atoms with E-state index < -0.39 is 5.97 Å². The summed E-state index contributed by atoms with van der Waals surface area (Å²) in [6.45, 7) is 0.590. The smallest absolute Gasteiger partial charge is 0.336 e. The molecule has 23 heavy (non-hydrogen) atoms. The molecule has 0 spiro atoms. The highest BCUT2D eigenvalue weighted by atomic mass is 19.1. The van der Waals surface area contributed by atoms with E-state index in [1.54, 1.807) is 42.7 Å². The number of halogens is 1. The third-order valence-corrected chi connectivity index (χ3v) is 3.64. The van der Waals surface area contributed by atoms with Crippen molar-refractivity contribution in [2.24, 2.45) is 0 Å². The maximum Gasteiger partial charge on any atom is 0.336 e. The van der Waals surface area contributed by atoms with Crippen LogP contribution in [0.1, 0.15) is 15.9 Å². The first kappa shape index (κ1) is 15.0. The van der Waals surface area contributed by atoms with Crippen LogP contribution < -0.4 is 0 Å². The van der Waals surface area contributed by atoms with Crippen LogP contribution in [0.4, 0.5) is 4.39 Å². The van der Waals surface area contributed by atoms with Gasteiger partial charge in [-0.2, -0.15) is 0 Å². The fourth-order valence-corrected chi connectivity index (χ4v) is 2.54. The molecule has 0 saturated carbocycles. The molecule has 1 heterocycles. The van der Waals surface area contributed by atoms with Crippen LogP contribution >= 0.6 is 0 Å². The molecular weight excluding hydrogens is 295 g/mol. The van der Waals surface area contributed by atoms with Gasteiger partial charge in [0.25, 0.3) is 0 Å². The molecule has 116 valence electrons. The minimum atomic E-state index is -0.986. The van der Waals surface area contributed by atoms with Crippen LogP contribution in [-0.4, -0.2) is 20.6 Å². The Kier molecular flexibility index (Phi) is 4.19. The van der Waals surface area contributed by atoms with Crippen molar-refractivity contribution in [3.63, 3.8) is 0 Å². The molecule has 0 aliphatic rings. The monoisotopic (exact) mass is 310 g/mol. The van der Waals surface area contributed by atoms with Gasteiger partial charge in [-0.25, -0.2) is 14.2 Å². The van der Waals surface area contributed by atoms with Crippen LogP contribution in [0.15, 0.2) is 60.9 Å². The molecule has 5 heteroatoms. The lowest BCUT2D eigenvalue weighted by Crippen LogP contribution is -2.06. The summed E-state index contributed by atoms with van der Waals surface area (Å²) in [6, 6.07) is 13.2. The van der Waals surface area contributed by atoms with Gasteiger partial charge in [-0.05, 0) is 30.2 Å². The van der Waals surface area contributed by atoms with Gasteiger partial charge in [-0.15, -0.1) is 0 Å². The predicted molar refractivity (Wildman–Crippen MR) is 84.7 cm³/mol. The van der Waals surface area contributed by atoms with Crippen molar-refractivity contribution in [3.05, 3.63) is 77.9 Å². The van der Waals surface area contributed by atoms with Gasteiger partial charge in [-0.3, -0.25) is 0 Å². The van der Waals surface area contributed by atoms with Crippen LogP contribution in [0.2, 0.25) is 0 Å². The van der Waals surface area contributed by atoms with Gasteiger partial charge in [0.05, 0.1) is 5.56 Å². The highest BCUT2D eigenvalue weighted by Crippen LogP contribution is 2.22. The number of carboxylic acid groups (broad SMARTS) is 1. The fourth-order valence-electron chi connectivity index (χ4n) is 2.54. The third-order valence-electron chi connectivity index (χ3n) is 3.64. The zero-order chi connectivity index (χ0) is 16.2. The molecule has 0 atom stereocenters. The fraction of sp³-hybridized carbons (Fsp3) is 0.111. The number of carbonyl (C=O) groups is 1. The highest BCUT2D eigenvalue weighted by Gasteiger charge is 2.14. The van der Waals surface area contributed by atoms with Crippen molar-refractivity contribution >= 4 is 5.97 Å². The standard InChI is InChI=1S/C18H15FN2O2/c19-14-5-3-4-13(12-14)8-10-21-11-9-20-17(21)15-6-1-2-7-16(15)18(22)23/h1-7,9,11-12H,8,10H2,(H,22,23). The molecule has 3 rings (SSSR count). The van der Waals surface area contributed by atoms with Crippen LogP contribution in [0.5, 0.6) is 0 Å². The summed E-state index contributed by atoms with van der Waals surface area (Å²) < 4.78 is 15.1. The summed E-state index contributed by atoms with van der Waals surface area (Å²) in [7, 11) is 0. The molecule has 0 radical (unpaired) electrons. The first-order chi connectivity index (χ1) is 11.1. The predicted octanol–water partition coefficient (Wildman–Crippen LogP) is 3.63. The number of hydrogen-bond acceptors (Lipinski definition) is 2. The Labute approximate surface area is 132 Å².